The Labute approximate surface area is 199 Å². The van der Waals surface area contributed by atoms with Gasteiger partial charge in [-0.2, -0.15) is 18.3 Å². The van der Waals surface area contributed by atoms with Crippen LogP contribution >= 0.6 is 11.6 Å². The lowest BCUT2D eigenvalue weighted by Crippen LogP contribution is -2.39. The van der Waals surface area contributed by atoms with Crippen LogP contribution in [0.1, 0.15) is 18.1 Å². The van der Waals surface area contributed by atoms with E-state index < -0.39 is 34.2 Å². The molecule has 3 rings (SSSR count). The number of nitrogens with one attached hydrogen (secondary N) is 1. The molecule has 3 aromatic rings. The number of rotatable bonds is 7. The Bertz CT molecular complexity index is 1300. The molecule has 178 valence electrons. The van der Waals surface area contributed by atoms with Gasteiger partial charge in [0.05, 0.1) is 21.9 Å². The fourth-order valence-corrected chi connectivity index (χ4v) is 4.50. The number of hydrogen-bond donors (Lipinski definition) is 1. The highest BCUT2D eigenvalue weighted by Crippen LogP contribution is 2.33. The highest BCUT2D eigenvalue weighted by molar-refractivity contribution is 7.92. The summed E-state index contributed by atoms with van der Waals surface area (Å²) in [6.45, 7) is 0.824. The molecule has 0 heterocycles. The van der Waals surface area contributed by atoms with Crippen LogP contribution in [0.4, 0.5) is 18.9 Å². The van der Waals surface area contributed by atoms with Gasteiger partial charge in [0.2, 0.25) is 0 Å². The molecule has 3 aromatic carbocycles. The Morgan fingerprint density at radius 2 is 1.65 bits per heavy atom. The van der Waals surface area contributed by atoms with Gasteiger partial charge in [-0.25, -0.2) is 13.8 Å². The third-order valence-corrected chi connectivity index (χ3v) is 6.73. The molecule has 0 aromatic heterocycles. The summed E-state index contributed by atoms with van der Waals surface area (Å²) in [4.78, 5) is 12.4. The van der Waals surface area contributed by atoms with Gasteiger partial charge < -0.3 is 0 Å². The molecule has 1 N–H and O–H groups in total. The van der Waals surface area contributed by atoms with Crippen molar-refractivity contribution in [1.29, 1.82) is 0 Å². The number of sulfonamides is 1. The van der Waals surface area contributed by atoms with Crippen molar-refractivity contribution in [2.45, 2.75) is 18.0 Å². The Hall–Kier alpha value is -3.37. The van der Waals surface area contributed by atoms with E-state index in [1.54, 1.807) is 37.3 Å². The van der Waals surface area contributed by atoms with E-state index in [-0.39, 0.29) is 10.6 Å². The lowest BCUT2D eigenvalue weighted by Gasteiger charge is -2.24. The molecule has 0 spiro atoms. The SMILES string of the molecule is C/C(=N/NC(=O)CN(c1cccc(C(F)(F)F)c1)S(=O)(=O)c1ccccc1)c1ccc(Cl)cc1. The van der Waals surface area contributed by atoms with E-state index in [2.05, 4.69) is 10.5 Å². The summed E-state index contributed by atoms with van der Waals surface area (Å²) in [5.41, 5.74) is 1.97. The zero-order valence-corrected chi connectivity index (χ0v) is 19.3. The topological polar surface area (TPSA) is 78.8 Å². The Kier molecular flexibility index (Phi) is 7.63. The van der Waals surface area contributed by atoms with Crippen LogP contribution in [0, 0.1) is 0 Å². The number of alkyl halides is 3. The van der Waals surface area contributed by atoms with Gasteiger partial charge in [0.1, 0.15) is 6.54 Å². The lowest BCUT2D eigenvalue weighted by atomic mass is 10.1. The highest BCUT2D eigenvalue weighted by atomic mass is 35.5. The van der Waals surface area contributed by atoms with Crippen molar-refractivity contribution in [2.24, 2.45) is 5.10 Å². The van der Waals surface area contributed by atoms with Gasteiger partial charge in [-0.3, -0.25) is 9.10 Å². The third kappa shape index (κ3) is 6.15. The molecule has 11 heteroatoms. The molecular formula is C23H19ClF3N3O3S. The minimum Gasteiger partial charge on any atom is -0.271 e. The van der Waals surface area contributed by atoms with Crippen molar-refractivity contribution >= 4 is 38.9 Å². The number of anilines is 1. The first-order chi connectivity index (χ1) is 16.0. The summed E-state index contributed by atoms with van der Waals surface area (Å²) >= 11 is 5.85. The van der Waals surface area contributed by atoms with Crippen molar-refractivity contribution in [3.8, 4) is 0 Å². The molecule has 0 aliphatic carbocycles. The van der Waals surface area contributed by atoms with Crippen LogP contribution in [0.3, 0.4) is 0 Å². The van der Waals surface area contributed by atoms with Gasteiger partial charge in [-0.1, -0.05) is 48.0 Å². The standard InChI is InChI=1S/C23H19ClF3N3O3S/c1-16(17-10-12-19(24)13-11-17)28-29-22(31)15-30(34(32,33)21-8-3-2-4-9-21)20-7-5-6-18(14-20)23(25,26)27/h2-14H,15H2,1H3,(H,29,31)/b28-16-. The number of hydrogen-bond acceptors (Lipinski definition) is 4. The average Bonchev–Trinajstić information content (AvgIpc) is 2.81. The Morgan fingerprint density at radius 3 is 2.26 bits per heavy atom. The smallest absolute Gasteiger partial charge is 0.271 e. The second kappa shape index (κ2) is 10.3. The number of nitrogens with zero attached hydrogens (tertiary/aromatic N) is 2. The minimum atomic E-state index is -4.69. The first-order valence-electron chi connectivity index (χ1n) is 9.82. The summed E-state index contributed by atoms with van der Waals surface area (Å²) in [6, 6.07) is 17.5. The number of halogens is 4. The summed E-state index contributed by atoms with van der Waals surface area (Å²) in [5, 5.41) is 4.47. The van der Waals surface area contributed by atoms with Crippen molar-refractivity contribution in [1.82, 2.24) is 5.43 Å². The van der Waals surface area contributed by atoms with E-state index in [1.807, 2.05) is 0 Å². The van der Waals surface area contributed by atoms with Gasteiger partial charge in [-0.05, 0) is 55.0 Å². The van der Waals surface area contributed by atoms with Crippen molar-refractivity contribution < 1.29 is 26.4 Å². The van der Waals surface area contributed by atoms with Gasteiger partial charge in [-0.15, -0.1) is 0 Å². The van der Waals surface area contributed by atoms with Crippen LogP contribution in [0.5, 0.6) is 0 Å². The molecule has 34 heavy (non-hydrogen) atoms. The molecule has 6 nitrogen and oxygen atoms in total. The second-order valence-electron chi connectivity index (χ2n) is 7.11. The third-order valence-electron chi connectivity index (χ3n) is 4.69. The summed E-state index contributed by atoms with van der Waals surface area (Å²) in [6.07, 6.45) is -4.69. The van der Waals surface area contributed by atoms with Crippen LogP contribution in [0.25, 0.3) is 0 Å². The maximum atomic E-state index is 13.2. The molecule has 1 amide bonds. The molecule has 0 unspecified atom stereocenters. The molecule has 0 atom stereocenters. The van der Waals surface area contributed by atoms with Crippen molar-refractivity contribution in [3.63, 3.8) is 0 Å². The van der Waals surface area contributed by atoms with Gasteiger partial charge in [0, 0.05) is 5.02 Å². The van der Waals surface area contributed by atoms with Crippen LogP contribution in [0.15, 0.2) is 88.9 Å². The van der Waals surface area contributed by atoms with E-state index in [9.17, 15) is 26.4 Å². The lowest BCUT2D eigenvalue weighted by molar-refractivity contribution is -0.137. The highest BCUT2D eigenvalue weighted by Gasteiger charge is 2.33. The molecule has 0 fully saturated rings. The van der Waals surface area contributed by atoms with Crippen molar-refractivity contribution in [2.75, 3.05) is 10.8 Å². The van der Waals surface area contributed by atoms with Crippen LogP contribution < -0.4 is 9.73 Å². The summed E-state index contributed by atoms with van der Waals surface area (Å²) in [5.74, 6) is -0.842. The molecule has 0 saturated heterocycles. The fraction of sp³-hybridized carbons (Fsp3) is 0.130. The second-order valence-corrected chi connectivity index (χ2v) is 9.41. The van der Waals surface area contributed by atoms with Crippen molar-refractivity contribution in [3.05, 3.63) is 95.0 Å². The first kappa shape index (κ1) is 25.3. The Balaban J connectivity index is 1.92. The largest absolute Gasteiger partial charge is 0.416 e. The number of amides is 1. The number of hydrazone groups is 1. The predicted molar refractivity (Wildman–Crippen MR) is 124 cm³/mol. The summed E-state index contributed by atoms with van der Waals surface area (Å²) in [7, 11) is -4.36. The quantitative estimate of drug-likeness (QED) is 0.356. The van der Waals surface area contributed by atoms with Crippen LogP contribution in [-0.2, 0) is 21.0 Å². The molecule has 0 saturated carbocycles. The monoisotopic (exact) mass is 509 g/mol. The molecule has 0 bridgehead atoms. The fourth-order valence-electron chi connectivity index (χ4n) is 2.94. The zero-order chi connectivity index (χ0) is 24.9. The number of benzene rings is 3. The molecular weight excluding hydrogens is 491 g/mol. The molecule has 0 radical (unpaired) electrons. The number of carbonyl (C=O) groups is 1. The normalized spacial score (nSPS) is 12.3. The van der Waals surface area contributed by atoms with E-state index in [1.165, 1.54) is 30.3 Å². The van der Waals surface area contributed by atoms with E-state index in [0.717, 1.165) is 12.1 Å². The van der Waals surface area contributed by atoms with Gasteiger partial charge in [0.25, 0.3) is 15.9 Å². The maximum absolute atomic E-state index is 13.2. The predicted octanol–water partition coefficient (Wildman–Crippen LogP) is 5.09. The zero-order valence-electron chi connectivity index (χ0n) is 17.8. The van der Waals surface area contributed by atoms with Gasteiger partial charge >= 0.3 is 6.18 Å². The Morgan fingerprint density at radius 1 is 1.00 bits per heavy atom. The molecule has 0 aliphatic heterocycles. The van der Waals surface area contributed by atoms with Gasteiger partial charge in [0.15, 0.2) is 0 Å². The van der Waals surface area contributed by atoms with E-state index in [0.29, 0.717) is 26.7 Å². The summed E-state index contributed by atoms with van der Waals surface area (Å²) < 4.78 is 66.8. The molecule has 0 aliphatic rings. The first-order valence-corrected chi connectivity index (χ1v) is 11.6. The minimum absolute atomic E-state index is 0.180. The van der Waals surface area contributed by atoms with E-state index >= 15 is 0 Å². The average molecular weight is 510 g/mol. The van der Waals surface area contributed by atoms with Crippen LogP contribution in [-0.4, -0.2) is 26.6 Å². The van der Waals surface area contributed by atoms with Crippen LogP contribution in [0.2, 0.25) is 5.02 Å². The maximum Gasteiger partial charge on any atom is 0.416 e. The number of carbonyl (C=O) groups excluding carboxylic acids is 1. The van der Waals surface area contributed by atoms with E-state index in [4.69, 9.17) is 11.6 Å².